The minimum absolute atomic E-state index is 0.150. The first-order valence-corrected chi connectivity index (χ1v) is 11.8. The van der Waals surface area contributed by atoms with Crippen molar-refractivity contribution in [2.45, 2.75) is 45.1 Å². The first-order valence-electron chi connectivity index (χ1n) is 9.88. The van der Waals surface area contributed by atoms with Gasteiger partial charge in [0.1, 0.15) is 0 Å². The Morgan fingerprint density at radius 1 is 0.931 bits per heavy atom. The van der Waals surface area contributed by atoms with Gasteiger partial charge in [0.25, 0.3) is 8.32 Å². The molecule has 0 aliphatic rings. The van der Waals surface area contributed by atoms with E-state index in [-0.39, 0.29) is 17.9 Å². The number of carbonyl (C=O) groups is 2. The summed E-state index contributed by atoms with van der Waals surface area (Å²) >= 11 is 0. The predicted molar refractivity (Wildman–Crippen MR) is 116 cm³/mol. The van der Waals surface area contributed by atoms with Crippen LogP contribution in [0.1, 0.15) is 40.0 Å². The fourth-order valence-corrected chi connectivity index (χ4v) is 8.45. The van der Waals surface area contributed by atoms with Crippen LogP contribution in [-0.2, 0) is 14.0 Å². The summed E-state index contributed by atoms with van der Waals surface area (Å²) in [5.74, 6) is -3.06. The molecule has 29 heavy (non-hydrogen) atoms. The van der Waals surface area contributed by atoms with Crippen LogP contribution in [-0.4, -0.2) is 37.1 Å². The van der Waals surface area contributed by atoms with E-state index in [0.717, 1.165) is 0 Å². The largest absolute Gasteiger partial charge is 0.481 e. The summed E-state index contributed by atoms with van der Waals surface area (Å²) < 4.78 is 6.70. The lowest BCUT2D eigenvalue weighted by molar-refractivity contribution is -0.148. The molecule has 0 aromatic heterocycles. The molecule has 0 heterocycles. The van der Waals surface area contributed by atoms with Crippen molar-refractivity contribution in [2.75, 3.05) is 6.61 Å². The van der Waals surface area contributed by atoms with Gasteiger partial charge in [-0.1, -0.05) is 81.4 Å². The zero-order valence-electron chi connectivity index (χ0n) is 17.3. The van der Waals surface area contributed by atoms with Gasteiger partial charge in [0.05, 0.1) is 12.3 Å². The zero-order valence-corrected chi connectivity index (χ0v) is 18.3. The Bertz CT molecular complexity index is 760. The van der Waals surface area contributed by atoms with Crippen molar-refractivity contribution in [3.63, 3.8) is 0 Å². The Hall–Kier alpha value is -2.44. The van der Waals surface area contributed by atoms with Crippen LogP contribution in [0.15, 0.2) is 60.7 Å². The molecule has 1 atom stereocenters. The Kier molecular flexibility index (Phi) is 7.76. The van der Waals surface area contributed by atoms with Crippen molar-refractivity contribution < 1.29 is 24.2 Å². The van der Waals surface area contributed by atoms with Crippen molar-refractivity contribution in [1.29, 1.82) is 0 Å². The van der Waals surface area contributed by atoms with Crippen LogP contribution < -0.4 is 10.4 Å². The van der Waals surface area contributed by atoms with Crippen LogP contribution in [0.2, 0.25) is 5.04 Å². The van der Waals surface area contributed by atoms with Crippen molar-refractivity contribution in [3.05, 3.63) is 60.7 Å². The normalized spacial score (nSPS) is 13.1. The molecule has 0 radical (unpaired) electrons. The molecule has 156 valence electrons. The average Bonchev–Trinajstić information content (AvgIpc) is 2.67. The van der Waals surface area contributed by atoms with E-state index in [4.69, 9.17) is 9.53 Å². The Morgan fingerprint density at radius 3 is 1.79 bits per heavy atom. The molecule has 0 aliphatic heterocycles. The van der Waals surface area contributed by atoms with Crippen molar-refractivity contribution in [2.24, 2.45) is 5.92 Å². The van der Waals surface area contributed by atoms with Gasteiger partial charge in [-0.3, -0.25) is 9.59 Å². The van der Waals surface area contributed by atoms with Gasteiger partial charge in [-0.15, -0.1) is 0 Å². The second kappa shape index (κ2) is 9.85. The van der Waals surface area contributed by atoms with Gasteiger partial charge in [-0.25, -0.2) is 0 Å². The van der Waals surface area contributed by atoms with Gasteiger partial charge in [-0.05, 0) is 28.3 Å². The molecule has 0 unspecified atom stereocenters. The second-order valence-corrected chi connectivity index (χ2v) is 12.6. The number of hydrogen-bond acceptors (Lipinski definition) is 3. The fraction of sp³-hybridized carbons (Fsp3) is 0.391. The molecule has 0 aliphatic carbocycles. The Morgan fingerprint density at radius 2 is 1.41 bits per heavy atom. The molecule has 6 heteroatoms. The summed E-state index contributed by atoms with van der Waals surface area (Å²) in [5.41, 5.74) is 0. The summed E-state index contributed by atoms with van der Waals surface area (Å²) in [4.78, 5) is 22.3. The van der Waals surface area contributed by atoms with Gasteiger partial charge in [0.2, 0.25) is 0 Å². The topological polar surface area (TPSA) is 83.8 Å². The monoisotopic (exact) mass is 414 g/mol. The summed E-state index contributed by atoms with van der Waals surface area (Å²) in [6.45, 7) is 6.94. The highest BCUT2D eigenvalue weighted by atomic mass is 28.4. The number of benzene rings is 2. The molecule has 2 rings (SSSR count). The smallest absolute Gasteiger partial charge is 0.307 e. The molecule has 0 spiro atoms. The standard InChI is InChI=1S/C23H30O5Si/c1-23(2,3)29(19-12-6-4-7-13-19,20-14-8-5-9-15-20)28-16-10-11-18(22(26)27)17-21(24)25/h4-9,12-15,18H,10-11,16-17H2,1-3H3,(H,24,25)(H,26,27)/t18-/m0/s1. The van der Waals surface area contributed by atoms with Gasteiger partial charge >= 0.3 is 11.9 Å². The summed E-state index contributed by atoms with van der Waals surface area (Å²) in [6, 6.07) is 20.5. The Balaban J connectivity index is 2.29. The first-order chi connectivity index (χ1) is 13.7. The van der Waals surface area contributed by atoms with E-state index in [0.29, 0.717) is 13.0 Å². The lowest BCUT2D eigenvalue weighted by Gasteiger charge is -2.43. The van der Waals surface area contributed by atoms with Gasteiger partial charge in [0.15, 0.2) is 0 Å². The first kappa shape index (κ1) is 22.8. The highest BCUT2D eigenvalue weighted by Gasteiger charge is 2.49. The lowest BCUT2D eigenvalue weighted by Crippen LogP contribution is -2.66. The van der Waals surface area contributed by atoms with E-state index in [1.165, 1.54) is 10.4 Å². The van der Waals surface area contributed by atoms with Crippen molar-refractivity contribution in [3.8, 4) is 0 Å². The van der Waals surface area contributed by atoms with Crippen molar-refractivity contribution >= 4 is 30.6 Å². The number of hydrogen-bond donors (Lipinski definition) is 2. The maximum atomic E-state index is 11.3. The van der Waals surface area contributed by atoms with Crippen LogP contribution in [0, 0.1) is 5.92 Å². The summed E-state index contributed by atoms with van der Waals surface area (Å²) in [6.07, 6.45) is 0.406. The number of carboxylic acid groups (broad SMARTS) is 2. The van der Waals surface area contributed by atoms with E-state index in [2.05, 4.69) is 45.0 Å². The molecule has 0 fully saturated rings. The molecular formula is C23H30O5Si. The lowest BCUT2D eigenvalue weighted by atomic mass is 10.0. The summed E-state index contributed by atoms with van der Waals surface area (Å²) in [5, 5.41) is 20.4. The number of carboxylic acids is 2. The maximum Gasteiger partial charge on any atom is 0.307 e. The summed E-state index contributed by atoms with van der Waals surface area (Å²) in [7, 11) is -2.64. The third kappa shape index (κ3) is 5.55. The highest BCUT2D eigenvalue weighted by molar-refractivity contribution is 6.99. The van der Waals surface area contributed by atoms with Gasteiger partial charge in [0, 0.05) is 6.61 Å². The maximum absolute atomic E-state index is 11.3. The number of rotatable bonds is 10. The highest BCUT2D eigenvalue weighted by Crippen LogP contribution is 2.36. The average molecular weight is 415 g/mol. The van der Waals surface area contributed by atoms with E-state index < -0.39 is 26.2 Å². The van der Waals surface area contributed by atoms with Crippen LogP contribution in [0.5, 0.6) is 0 Å². The van der Waals surface area contributed by atoms with E-state index in [1.807, 2.05) is 36.4 Å². The molecule has 0 amide bonds. The molecule has 0 saturated heterocycles. The van der Waals surface area contributed by atoms with E-state index in [1.54, 1.807) is 0 Å². The molecule has 0 bridgehead atoms. The van der Waals surface area contributed by atoms with Crippen LogP contribution in [0.4, 0.5) is 0 Å². The zero-order chi connectivity index (χ0) is 21.5. The van der Waals surface area contributed by atoms with Crippen LogP contribution in [0.25, 0.3) is 0 Å². The van der Waals surface area contributed by atoms with Crippen LogP contribution in [0.3, 0.4) is 0 Å². The molecule has 0 saturated carbocycles. The van der Waals surface area contributed by atoms with Gasteiger partial charge in [-0.2, -0.15) is 0 Å². The van der Waals surface area contributed by atoms with Crippen molar-refractivity contribution in [1.82, 2.24) is 0 Å². The molecule has 2 N–H and O–H groups in total. The third-order valence-electron chi connectivity index (χ3n) is 5.20. The van der Waals surface area contributed by atoms with E-state index >= 15 is 0 Å². The third-order valence-corrected chi connectivity index (χ3v) is 10.2. The minimum atomic E-state index is -2.64. The fourth-order valence-electron chi connectivity index (χ4n) is 3.84. The SMILES string of the molecule is CC(C)(C)[Si](OCCC[C@@H](CC(=O)O)C(=O)O)(c1ccccc1)c1ccccc1. The minimum Gasteiger partial charge on any atom is -0.481 e. The van der Waals surface area contributed by atoms with E-state index in [9.17, 15) is 14.7 Å². The Labute approximate surface area is 173 Å². The molecule has 2 aromatic carbocycles. The quantitative estimate of drug-likeness (QED) is 0.459. The molecular weight excluding hydrogens is 384 g/mol. The number of aliphatic carboxylic acids is 2. The van der Waals surface area contributed by atoms with Gasteiger partial charge < -0.3 is 14.6 Å². The molecule has 2 aromatic rings. The second-order valence-electron chi connectivity index (χ2n) is 8.29. The molecule has 5 nitrogen and oxygen atoms in total. The predicted octanol–water partition coefficient (Wildman–Crippen LogP) is 3.52. The van der Waals surface area contributed by atoms with Crippen LogP contribution >= 0.6 is 0 Å².